The van der Waals surface area contributed by atoms with Gasteiger partial charge in [0.1, 0.15) is 5.82 Å². The molecule has 0 aliphatic carbocycles. The number of carbonyl (C=O) groups excluding carboxylic acids is 1. The van der Waals surface area contributed by atoms with Gasteiger partial charge >= 0.3 is 0 Å². The van der Waals surface area contributed by atoms with Gasteiger partial charge in [-0.1, -0.05) is 52.0 Å². The molecule has 200 valence electrons. The maximum atomic E-state index is 13.7. The predicted octanol–water partition coefficient (Wildman–Crippen LogP) is 6.51. The molecule has 5 nitrogen and oxygen atoms in total. The molecular weight excluding hydrogens is 507 g/mol. The largest absolute Gasteiger partial charge is 0.332 e. The van der Waals surface area contributed by atoms with Crippen LogP contribution in [0.3, 0.4) is 0 Å². The van der Waals surface area contributed by atoms with Crippen molar-refractivity contribution in [3.8, 4) is 0 Å². The number of rotatable bonds is 10. The third-order valence-electron chi connectivity index (χ3n) is 6.64. The number of nitrogens with zero attached hydrogens (tertiary/aromatic N) is 2. The molecule has 0 bridgehead atoms. The molecule has 0 N–H and O–H groups in total. The average Bonchev–Trinajstić information content (AvgIpc) is 3.26. The van der Waals surface area contributed by atoms with E-state index in [-0.39, 0.29) is 41.2 Å². The summed E-state index contributed by atoms with van der Waals surface area (Å²) in [6.07, 6.45) is 0.564. The summed E-state index contributed by atoms with van der Waals surface area (Å²) in [7, 11) is -3.91. The van der Waals surface area contributed by atoms with E-state index in [1.807, 2.05) is 44.4 Å². The highest BCUT2D eigenvalue weighted by Crippen LogP contribution is 2.26. The highest BCUT2D eigenvalue weighted by molar-refractivity contribution is 7.89. The first-order valence-electron chi connectivity index (χ1n) is 12.5. The van der Waals surface area contributed by atoms with Crippen LogP contribution in [0.15, 0.2) is 64.9 Å². The van der Waals surface area contributed by atoms with Crippen molar-refractivity contribution < 1.29 is 17.6 Å². The molecule has 0 radical (unpaired) electrons. The second-order valence-electron chi connectivity index (χ2n) is 10.5. The molecule has 0 aliphatic rings. The number of benzene rings is 2. The van der Waals surface area contributed by atoms with Crippen molar-refractivity contribution in [2.24, 2.45) is 0 Å². The fraction of sp³-hybridized carbons (Fsp3) is 0.414. The lowest BCUT2D eigenvalue weighted by molar-refractivity contribution is -0.133. The summed E-state index contributed by atoms with van der Waals surface area (Å²) >= 11 is 1.56. The first kappa shape index (κ1) is 29.0. The van der Waals surface area contributed by atoms with Gasteiger partial charge < -0.3 is 4.90 Å². The van der Waals surface area contributed by atoms with E-state index in [0.717, 1.165) is 21.6 Å². The molecule has 1 amide bonds. The number of sulfonamides is 1. The molecule has 1 unspecified atom stereocenters. The molecule has 0 saturated carbocycles. The minimum Gasteiger partial charge on any atom is -0.332 e. The van der Waals surface area contributed by atoms with Gasteiger partial charge in [0.2, 0.25) is 15.9 Å². The topological polar surface area (TPSA) is 57.7 Å². The Balaban J connectivity index is 1.91. The molecule has 3 rings (SSSR count). The Labute approximate surface area is 225 Å². The summed E-state index contributed by atoms with van der Waals surface area (Å²) in [5, 5.41) is 1.97. The van der Waals surface area contributed by atoms with E-state index in [4.69, 9.17) is 0 Å². The van der Waals surface area contributed by atoms with Gasteiger partial charge in [-0.15, -0.1) is 11.3 Å². The first-order chi connectivity index (χ1) is 17.3. The maximum Gasteiger partial charge on any atom is 0.243 e. The second kappa shape index (κ2) is 11.9. The van der Waals surface area contributed by atoms with Crippen molar-refractivity contribution in [2.45, 2.75) is 77.4 Å². The monoisotopic (exact) mass is 544 g/mol. The van der Waals surface area contributed by atoms with Gasteiger partial charge in [-0.2, -0.15) is 4.31 Å². The lowest BCUT2D eigenvalue weighted by atomic mass is 9.87. The van der Waals surface area contributed by atoms with Crippen LogP contribution in [0.5, 0.6) is 0 Å². The van der Waals surface area contributed by atoms with Crippen LogP contribution < -0.4 is 0 Å². The molecule has 0 aliphatic heterocycles. The van der Waals surface area contributed by atoms with Crippen molar-refractivity contribution in [3.05, 3.63) is 87.4 Å². The highest BCUT2D eigenvalue weighted by Gasteiger charge is 2.32. The van der Waals surface area contributed by atoms with Gasteiger partial charge in [-0.25, -0.2) is 12.8 Å². The van der Waals surface area contributed by atoms with Crippen LogP contribution in [0, 0.1) is 12.7 Å². The molecule has 1 atom stereocenters. The number of halogens is 1. The molecule has 37 heavy (non-hydrogen) atoms. The van der Waals surface area contributed by atoms with Gasteiger partial charge in [-0.3, -0.25) is 4.79 Å². The fourth-order valence-electron chi connectivity index (χ4n) is 3.96. The summed E-state index contributed by atoms with van der Waals surface area (Å²) in [6, 6.07) is 14.6. The van der Waals surface area contributed by atoms with E-state index in [9.17, 15) is 17.6 Å². The number of hydrogen-bond acceptors (Lipinski definition) is 4. The van der Waals surface area contributed by atoms with Crippen LogP contribution in [0.25, 0.3) is 0 Å². The molecule has 3 aromatic rings. The molecule has 8 heteroatoms. The van der Waals surface area contributed by atoms with E-state index in [1.54, 1.807) is 40.5 Å². The number of hydrogen-bond donors (Lipinski definition) is 0. The SMILES string of the molecule is CCC(C)N(CC(=O)N(Cc1ccc(F)cc1)Cc1sccc1C)S(=O)(=O)c1ccc(C(C)(C)C)cc1. The van der Waals surface area contributed by atoms with Crippen molar-refractivity contribution >= 4 is 27.3 Å². The summed E-state index contributed by atoms with van der Waals surface area (Å²) in [5.74, 6) is -0.644. The van der Waals surface area contributed by atoms with Crippen molar-refractivity contribution in [1.82, 2.24) is 9.21 Å². The van der Waals surface area contributed by atoms with E-state index in [1.165, 1.54) is 16.4 Å². The summed E-state index contributed by atoms with van der Waals surface area (Å²) < 4.78 is 42.2. The van der Waals surface area contributed by atoms with Gasteiger partial charge in [-0.05, 0) is 78.1 Å². The Morgan fingerprint density at radius 2 is 1.62 bits per heavy atom. The quantitative estimate of drug-likeness (QED) is 0.292. The van der Waals surface area contributed by atoms with Crippen molar-refractivity contribution in [3.63, 3.8) is 0 Å². The molecule has 0 fully saturated rings. The normalized spacial score (nSPS) is 13.1. The molecule has 0 spiro atoms. The lowest BCUT2D eigenvalue weighted by Gasteiger charge is -2.31. The maximum absolute atomic E-state index is 13.7. The number of amides is 1. The number of carbonyl (C=O) groups is 1. The van der Waals surface area contributed by atoms with Crippen LogP contribution in [0.1, 0.15) is 62.6 Å². The zero-order chi connectivity index (χ0) is 27.4. The second-order valence-corrected chi connectivity index (χ2v) is 13.4. The van der Waals surface area contributed by atoms with Crippen LogP contribution in [-0.2, 0) is 33.3 Å². The van der Waals surface area contributed by atoms with Gasteiger partial charge in [0.15, 0.2) is 0 Å². The average molecular weight is 545 g/mol. The Bertz CT molecular complexity index is 1290. The zero-order valence-electron chi connectivity index (χ0n) is 22.5. The van der Waals surface area contributed by atoms with E-state index in [0.29, 0.717) is 13.0 Å². The van der Waals surface area contributed by atoms with E-state index >= 15 is 0 Å². The lowest BCUT2D eigenvalue weighted by Crippen LogP contribution is -2.46. The fourth-order valence-corrected chi connectivity index (χ4v) is 6.53. The smallest absolute Gasteiger partial charge is 0.243 e. The van der Waals surface area contributed by atoms with E-state index in [2.05, 4.69) is 20.8 Å². The summed E-state index contributed by atoms with van der Waals surface area (Å²) in [4.78, 5) is 16.6. The Morgan fingerprint density at radius 3 is 2.14 bits per heavy atom. The third kappa shape index (κ3) is 7.27. The standard InChI is InChI=1S/C29H37FN2O3S2/c1-7-22(3)32(37(34,35)26-14-10-24(11-15-26)29(4,5)6)20-28(33)31(19-27-21(2)16-17-36-27)18-23-8-12-25(30)13-9-23/h8-17,22H,7,18-20H2,1-6H3. The van der Waals surface area contributed by atoms with Gasteiger partial charge in [0.25, 0.3) is 0 Å². The van der Waals surface area contributed by atoms with Gasteiger partial charge in [0.05, 0.1) is 18.0 Å². The summed E-state index contributed by atoms with van der Waals surface area (Å²) in [6.45, 7) is 12.3. The number of aryl methyl sites for hydroxylation is 1. The Hall–Kier alpha value is -2.55. The van der Waals surface area contributed by atoms with Crippen molar-refractivity contribution in [1.29, 1.82) is 0 Å². The van der Waals surface area contributed by atoms with Crippen molar-refractivity contribution in [2.75, 3.05) is 6.54 Å². The minimum absolute atomic E-state index is 0.102. The Kier molecular flexibility index (Phi) is 9.32. The molecule has 1 aromatic heterocycles. The zero-order valence-corrected chi connectivity index (χ0v) is 24.1. The summed E-state index contributed by atoms with van der Waals surface area (Å²) in [5.41, 5.74) is 2.79. The highest BCUT2D eigenvalue weighted by atomic mass is 32.2. The Morgan fingerprint density at radius 1 is 1.00 bits per heavy atom. The molecule has 0 saturated heterocycles. The molecule has 1 heterocycles. The third-order valence-corrected chi connectivity index (χ3v) is 9.62. The number of thiophene rings is 1. The first-order valence-corrected chi connectivity index (χ1v) is 14.8. The van der Waals surface area contributed by atoms with Crippen LogP contribution in [-0.4, -0.2) is 36.1 Å². The minimum atomic E-state index is -3.91. The molecule has 2 aromatic carbocycles. The van der Waals surface area contributed by atoms with Crippen LogP contribution >= 0.6 is 11.3 Å². The van der Waals surface area contributed by atoms with Gasteiger partial charge in [0, 0.05) is 17.5 Å². The molecular formula is C29H37FN2O3S2. The van der Waals surface area contributed by atoms with Crippen LogP contribution in [0.4, 0.5) is 4.39 Å². The van der Waals surface area contributed by atoms with E-state index < -0.39 is 10.0 Å². The van der Waals surface area contributed by atoms with Crippen LogP contribution in [0.2, 0.25) is 0 Å². The predicted molar refractivity (Wildman–Crippen MR) is 148 cm³/mol.